The molecule has 2 rings (SSSR count). The lowest BCUT2D eigenvalue weighted by Crippen LogP contribution is -2.54. The molecule has 1 aromatic rings. The number of hydrogen-bond acceptors (Lipinski definition) is 6. The highest BCUT2D eigenvalue weighted by Crippen LogP contribution is 2.27. The van der Waals surface area contributed by atoms with Crippen LogP contribution in [0.3, 0.4) is 0 Å². The van der Waals surface area contributed by atoms with Crippen molar-refractivity contribution in [1.29, 1.82) is 0 Å². The number of aromatic nitrogens is 2. The Kier molecular flexibility index (Phi) is 3.79. The van der Waals surface area contributed by atoms with Gasteiger partial charge in [0.15, 0.2) is 0 Å². The van der Waals surface area contributed by atoms with Crippen molar-refractivity contribution in [3.8, 4) is 0 Å². The standard InChI is InChI=1S/C11H18ClN3O3/c1-7(12)9-13-14-10(17-9)15-4-8(5-16)18-11(2,3)6-15/h7-8,16H,4-6H2,1-3H3. The average Bonchev–Trinajstić information content (AvgIpc) is 2.76. The van der Waals surface area contributed by atoms with E-state index in [0.717, 1.165) is 0 Å². The highest BCUT2D eigenvalue weighted by Gasteiger charge is 2.35. The van der Waals surface area contributed by atoms with E-state index in [1.165, 1.54) is 0 Å². The van der Waals surface area contributed by atoms with Gasteiger partial charge in [0.1, 0.15) is 5.38 Å². The number of rotatable bonds is 3. The quantitative estimate of drug-likeness (QED) is 0.840. The molecular weight excluding hydrogens is 258 g/mol. The summed E-state index contributed by atoms with van der Waals surface area (Å²) in [4.78, 5) is 1.92. The highest BCUT2D eigenvalue weighted by atomic mass is 35.5. The zero-order chi connectivity index (χ0) is 13.3. The number of morpholine rings is 1. The van der Waals surface area contributed by atoms with Crippen LogP contribution in [0.1, 0.15) is 32.0 Å². The summed E-state index contributed by atoms with van der Waals surface area (Å²) < 4.78 is 11.2. The molecule has 1 aromatic heterocycles. The molecule has 0 saturated carbocycles. The molecule has 1 aliphatic heterocycles. The van der Waals surface area contributed by atoms with Crippen LogP contribution in [0.25, 0.3) is 0 Å². The molecule has 102 valence electrons. The van der Waals surface area contributed by atoms with E-state index >= 15 is 0 Å². The average molecular weight is 276 g/mol. The lowest BCUT2D eigenvalue weighted by atomic mass is 10.1. The number of anilines is 1. The molecule has 1 saturated heterocycles. The lowest BCUT2D eigenvalue weighted by molar-refractivity contribution is -0.102. The first-order chi connectivity index (χ1) is 8.41. The van der Waals surface area contributed by atoms with Gasteiger partial charge in [-0.25, -0.2) is 0 Å². The molecule has 2 heterocycles. The second-order valence-corrected chi connectivity index (χ2v) is 5.76. The second-order valence-electron chi connectivity index (χ2n) is 5.10. The summed E-state index contributed by atoms with van der Waals surface area (Å²) in [7, 11) is 0. The zero-order valence-electron chi connectivity index (χ0n) is 10.8. The molecule has 7 heteroatoms. The molecule has 2 atom stereocenters. The Morgan fingerprint density at radius 3 is 2.83 bits per heavy atom. The van der Waals surface area contributed by atoms with Crippen LogP contribution in [0.4, 0.5) is 6.01 Å². The summed E-state index contributed by atoms with van der Waals surface area (Å²) in [6.07, 6.45) is -0.252. The van der Waals surface area contributed by atoms with Gasteiger partial charge in [-0.1, -0.05) is 5.10 Å². The Morgan fingerprint density at radius 1 is 1.56 bits per heavy atom. The van der Waals surface area contributed by atoms with Crippen molar-refractivity contribution in [3.05, 3.63) is 5.89 Å². The maximum Gasteiger partial charge on any atom is 0.318 e. The van der Waals surface area contributed by atoms with Gasteiger partial charge in [-0.3, -0.25) is 0 Å². The number of ether oxygens (including phenoxy) is 1. The van der Waals surface area contributed by atoms with E-state index in [1.54, 1.807) is 6.92 Å². The van der Waals surface area contributed by atoms with Crippen molar-refractivity contribution in [2.75, 3.05) is 24.6 Å². The first-order valence-corrected chi connectivity index (χ1v) is 6.36. The zero-order valence-corrected chi connectivity index (χ0v) is 11.5. The Bertz CT molecular complexity index is 408. The molecule has 0 aliphatic carbocycles. The van der Waals surface area contributed by atoms with Gasteiger partial charge in [0.05, 0.1) is 31.4 Å². The number of aliphatic hydroxyl groups is 1. The predicted molar refractivity (Wildman–Crippen MR) is 66.8 cm³/mol. The SMILES string of the molecule is CC(Cl)c1nnc(N2CC(CO)OC(C)(C)C2)o1. The van der Waals surface area contributed by atoms with Crippen molar-refractivity contribution < 1.29 is 14.3 Å². The van der Waals surface area contributed by atoms with Gasteiger partial charge in [0.25, 0.3) is 0 Å². The third kappa shape index (κ3) is 2.93. The molecular formula is C11H18ClN3O3. The third-order valence-corrected chi connectivity index (χ3v) is 2.91. The van der Waals surface area contributed by atoms with Gasteiger partial charge in [-0.2, -0.15) is 0 Å². The van der Waals surface area contributed by atoms with Crippen LogP contribution in [0, 0.1) is 0 Å². The van der Waals surface area contributed by atoms with E-state index in [9.17, 15) is 5.11 Å². The van der Waals surface area contributed by atoms with Crippen LogP contribution in [0.2, 0.25) is 0 Å². The number of nitrogens with zero attached hydrogens (tertiary/aromatic N) is 3. The fraction of sp³-hybridized carbons (Fsp3) is 0.818. The van der Waals surface area contributed by atoms with E-state index in [-0.39, 0.29) is 23.7 Å². The summed E-state index contributed by atoms with van der Waals surface area (Å²) in [5, 5.41) is 16.8. The third-order valence-electron chi connectivity index (χ3n) is 2.73. The van der Waals surface area contributed by atoms with Crippen LogP contribution in [0.15, 0.2) is 4.42 Å². The van der Waals surface area contributed by atoms with Crippen molar-refractivity contribution in [2.45, 2.75) is 37.9 Å². The first kappa shape index (κ1) is 13.6. The lowest BCUT2D eigenvalue weighted by Gasteiger charge is -2.41. The monoisotopic (exact) mass is 275 g/mol. The van der Waals surface area contributed by atoms with Gasteiger partial charge < -0.3 is 19.2 Å². The molecule has 0 spiro atoms. The number of hydrogen-bond donors (Lipinski definition) is 1. The van der Waals surface area contributed by atoms with Crippen LogP contribution in [0.5, 0.6) is 0 Å². The fourth-order valence-electron chi connectivity index (χ4n) is 2.05. The van der Waals surface area contributed by atoms with E-state index in [1.807, 2.05) is 18.7 Å². The number of halogens is 1. The maximum absolute atomic E-state index is 9.24. The highest BCUT2D eigenvalue weighted by molar-refractivity contribution is 6.20. The molecule has 0 radical (unpaired) electrons. The van der Waals surface area contributed by atoms with Crippen LogP contribution in [-0.4, -0.2) is 46.7 Å². The first-order valence-electron chi connectivity index (χ1n) is 5.92. The summed E-state index contributed by atoms with van der Waals surface area (Å²) in [5.74, 6) is 0.400. The topological polar surface area (TPSA) is 71.6 Å². The van der Waals surface area contributed by atoms with Crippen molar-refractivity contribution in [1.82, 2.24) is 10.2 Å². The summed E-state index contributed by atoms with van der Waals surface area (Å²) in [6.45, 7) is 6.82. The smallest absolute Gasteiger partial charge is 0.318 e. The molecule has 0 amide bonds. The van der Waals surface area contributed by atoms with Gasteiger partial charge in [0, 0.05) is 0 Å². The van der Waals surface area contributed by atoms with Gasteiger partial charge in [-0.05, 0) is 20.8 Å². The molecule has 2 unspecified atom stereocenters. The Labute approximate surface area is 111 Å². The minimum Gasteiger partial charge on any atom is -0.406 e. The second kappa shape index (κ2) is 5.03. The molecule has 0 bridgehead atoms. The minimum atomic E-state index is -0.368. The Balaban J connectivity index is 2.15. The molecule has 0 aromatic carbocycles. The predicted octanol–water partition coefficient (Wildman–Crippen LogP) is 1.35. The van der Waals surface area contributed by atoms with Gasteiger partial charge in [0.2, 0.25) is 5.89 Å². The van der Waals surface area contributed by atoms with Crippen LogP contribution < -0.4 is 4.90 Å². The maximum atomic E-state index is 9.24. The van der Waals surface area contributed by atoms with Crippen molar-refractivity contribution in [2.24, 2.45) is 0 Å². The van der Waals surface area contributed by atoms with E-state index in [4.69, 9.17) is 20.8 Å². The molecule has 1 aliphatic rings. The van der Waals surface area contributed by atoms with E-state index < -0.39 is 0 Å². The Hall–Kier alpha value is -0.850. The summed E-state index contributed by atoms with van der Waals surface area (Å²) in [5.41, 5.74) is -0.368. The van der Waals surface area contributed by atoms with Crippen molar-refractivity contribution >= 4 is 17.6 Å². The molecule has 6 nitrogen and oxygen atoms in total. The fourth-order valence-corrected chi connectivity index (χ4v) is 2.14. The van der Waals surface area contributed by atoms with Gasteiger partial charge in [-0.15, -0.1) is 16.7 Å². The molecule has 18 heavy (non-hydrogen) atoms. The van der Waals surface area contributed by atoms with E-state index in [0.29, 0.717) is 25.0 Å². The van der Waals surface area contributed by atoms with Gasteiger partial charge >= 0.3 is 6.01 Å². The largest absolute Gasteiger partial charge is 0.406 e. The molecule has 1 N–H and O–H groups in total. The minimum absolute atomic E-state index is 0.0349. The summed E-state index contributed by atoms with van der Waals surface area (Å²) in [6, 6.07) is 0.423. The number of alkyl halides is 1. The normalized spacial score (nSPS) is 25.2. The Morgan fingerprint density at radius 2 is 2.28 bits per heavy atom. The molecule has 1 fully saturated rings. The van der Waals surface area contributed by atoms with Crippen LogP contribution in [-0.2, 0) is 4.74 Å². The van der Waals surface area contributed by atoms with Crippen LogP contribution >= 0.6 is 11.6 Å². The number of aliphatic hydroxyl groups excluding tert-OH is 1. The van der Waals surface area contributed by atoms with E-state index in [2.05, 4.69) is 10.2 Å². The summed E-state index contributed by atoms with van der Waals surface area (Å²) >= 11 is 5.89. The van der Waals surface area contributed by atoms with Crippen molar-refractivity contribution in [3.63, 3.8) is 0 Å².